The van der Waals surface area contributed by atoms with Crippen molar-refractivity contribution >= 4 is 5.91 Å². The number of likely N-dealkylation sites (tertiary alicyclic amines) is 1. The molecule has 0 radical (unpaired) electrons. The number of ether oxygens (including phenoxy) is 2. The zero-order chi connectivity index (χ0) is 23.8. The molecule has 0 aliphatic carbocycles. The van der Waals surface area contributed by atoms with Gasteiger partial charge in [-0.1, -0.05) is 54.6 Å². The normalized spacial score (nSPS) is 18.3. The molecule has 3 aromatic rings. The van der Waals surface area contributed by atoms with Gasteiger partial charge in [0.2, 0.25) is 5.91 Å². The van der Waals surface area contributed by atoms with Gasteiger partial charge >= 0.3 is 0 Å². The Morgan fingerprint density at radius 3 is 2.38 bits per heavy atom. The maximum Gasteiger partial charge on any atom is 0.224 e. The van der Waals surface area contributed by atoms with Crippen LogP contribution in [0.1, 0.15) is 35.6 Å². The second-order valence-corrected chi connectivity index (χ2v) is 8.87. The molecule has 1 saturated heterocycles. The molecule has 3 aromatic carbocycles. The lowest BCUT2D eigenvalue weighted by Gasteiger charge is -2.39. The molecule has 0 aromatic heterocycles. The minimum atomic E-state index is -0.0126. The summed E-state index contributed by atoms with van der Waals surface area (Å²) >= 11 is 0. The largest absolute Gasteiger partial charge is 0.497 e. The molecule has 34 heavy (non-hydrogen) atoms. The van der Waals surface area contributed by atoms with Gasteiger partial charge in [0.25, 0.3) is 0 Å². The molecule has 0 unspecified atom stereocenters. The van der Waals surface area contributed by atoms with Gasteiger partial charge < -0.3 is 14.8 Å². The van der Waals surface area contributed by atoms with Gasteiger partial charge in [-0.05, 0) is 60.2 Å². The maximum absolute atomic E-state index is 13.1. The molecule has 0 bridgehead atoms. The summed E-state index contributed by atoms with van der Waals surface area (Å²) in [5.41, 5.74) is 3.69. The third kappa shape index (κ3) is 6.17. The lowest BCUT2D eigenvalue weighted by molar-refractivity contribution is -0.127. The van der Waals surface area contributed by atoms with E-state index in [4.69, 9.17) is 9.47 Å². The van der Waals surface area contributed by atoms with Crippen LogP contribution in [0.3, 0.4) is 0 Å². The Labute approximate surface area is 202 Å². The SMILES string of the molecule is COc1ccc(CCNC(=O)[C@@H]2CC[C@@H](c3ccccc3)N(Cc3cccc(OC)c3)C2)cc1. The Bertz CT molecular complexity index is 1050. The van der Waals surface area contributed by atoms with Gasteiger partial charge in [0.05, 0.1) is 20.1 Å². The highest BCUT2D eigenvalue weighted by Gasteiger charge is 2.32. The molecule has 5 heteroatoms. The van der Waals surface area contributed by atoms with Crippen molar-refractivity contribution < 1.29 is 14.3 Å². The van der Waals surface area contributed by atoms with E-state index >= 15 is 0 Å². The highest BCUT2D eigenvalue weighted by Crippen LogP contribution is 2.35. The minimum absolute atomic E-state index is 0.0126. The molecular weight excluding hydrogens is 424 g/mol. The molecular formula is C29H34N2O3. The Balaban J connectivity index is 1.40. The summed E-state index contributed by atoms with van der Waals surface area (Å²) in [6.07, 6.45) is 2.66. The second-order valence-electron chi connectivity index (χ2n) is 8.87. The number of carbonyl (C=O) groups is 1. The Morgan fingerprint density at radius 2 is 1.65 bits per heavy atom. The van der Waals surface area contributed by atoms with Gasteiger partial charge in [0.15, 0.2) is 0 Å². The molecule has 1 fully saturated rings. The average Bonchev–Trinajstić information content (AvgIpc) is 2.89. The van der Waals surface area contributed by atoms with Crippen molar-refractivity contribution in [1.82, 2.24) is 10.2 Å². The van der Waals surface area contributed by atoms with E-state index < -0.39 is 0 Å². The maximum atomic E-state index is 13.1. The van der Waals surface area contributed by atoms with Gasteiger partial charge in [0, 0.05) is 25.7 Å². The van der Waals surface area contributed by atoms with Gasteiger partial charge in [-0.3, -0.25) is 9.69 Å². The number of nitrogens with one attached hydrogen (secondary N) is 1. The van der Waals surface area contributed by atoms with Crippen LogP contribution in [-0.2, 0) is 17.8 Å². The molecule has 178 valence electrons. The summed E-state index contributed by atoms with van der Waals surface area (Å²) in [4.78, 5) is 15.5. The quantitative estimate of drug-likeness (QED) is 0.489. The molecule has 1 aliphatic rings. The van der Waals surface area contributed by atoms with Gasteiger partial charge in [0.1, 0.15) is 11.5 Å². The summed E-state index contributed by atoms with van der Waals surface area (Å²) in [5, 5.41) is 3.17. The summed E-state index contributed by atoms with van der Waals surface area (Å²) in [5.74, 6) is 1.84. The van der Waals surface area contributed by atoms with E-state index in [9.17, 15) is 4.79 Å². The van der Waals surface area contributed by atoms with Crippen LogP contribution in [0.5, 0.6) is 11.5 Å². The number of hydrogen-bond acceptors (Lipinski definition) is 4. The number of amides is 1. The van der Waals surface area contributed by atoms with E-state index in [0.717, 1.165) is 43.9 Å². The number of carbonyl (C=O) groups excluding carboxylic acids is 1. The molecule has 5 nitrogen and oxygen atoms in total. The van der Waals surface area contributed by atoms with Crippen molar-refractivity contribution in [3.05, 3.63) is 95.6 Å². The van der Waals surface area contributed by atoms with Crippen LogP contribution in [0.4, 0.5) is 0 Å². The number of rotatable bonds is 9. The number of nitrogens with zero attached hydrogens (tertiary/aromatic N) is 1. The van der Waals surface area contributed by atoms with Crippen molar-refractivity contribution in [2.45, 2.75) is 31.8 Å². The predicted octanol–water partition coefficient (Wildman–Crippen LogP) is 5.02. The first kappa shape index (κ1) is 23.8. The number of piperidine rings is 1. The second kappa shape index (κ2) is 11.7. The first-order chi connectivity index (χ1) is 16.7. The highest BCUT2D eigenvalue weighted by atomic mass is 16.5. The molecule has 1 heterocycles. The van der Waals surface area contributed by atoms with E-state index in [0.29, 0.717) is 12.6 Å². The third-order valence-corrected chi connectivity index (χ3v) is 6.63. The van der Waals surface area contributed by atoms with Crippen LogP contribution in [-0.4, -0.2) is 38.1 Å². The fourth-order valence-corrected chi connectivity index (χ4v) is 4.76. The number of hydrogen-bond donors (Lipinski definition) is 1. The fourth-order valence-electron chi connectivity index (χ4n) is 4.76. The number of benzene rings is 3. The molecule has 1 N–H and O–H groups in total. The van der Waals surface area contributed by atoms with E-state index in [-0.39, 0.29) is 11.8 Å². The Kier molecular flexibility index (Phi) is 8.21. The lowest BCUT2D eigenvalue weighted by Crippen LogP contribution is -2.44. The Hall–Kier alpha value is -3.31. The summed E-state index contributed by atoms with van der Waals surface area (Å²) < 4.78 is 10.6. The monoisotopic (exact) mass is 458 g/mol. The van der Waals surface area contributed by atoms with Crippen LogP contribution in [0, 0.1) is 5.92 Å². The number of methoxy groups -OCH3 is 2. The molecule has 0 saturated carbocycles. The smallest absolute Gasteiger partial charge is 0.224 e. The van der Waals surface area contributed by atoms with Crippen LogP contribution < -0.4 is 14.8 Å². The van der Waals surface area contributed by atoms with Gasteiger partial charge in [-0.2, -0.15) is 0 Å². The summed E-state index contributed by atoms with van der Waals surface area (Å²) in [7, 11) is 3.36. The first-order valence-electron chi connectivity index (χ1n) is 12.0. The predicted molar refractivity (Wildman–Crippen MR) is 135 cm³/mol. The van der Waals surface area contributed by atoms with Crippen LogP contribution in [0.2, 0.25) is 0 Å². The molecule has 2 atom stereocenters. The summed E-state index contributed by atoms with van der Waals surface area (Å²) in [6, 6.07) is 27.1. The van der Waals surface area contributed by atoms with Gasteiger partial charge in [-0.15, -0.1) is 0 Å². The molecule has 1 aliphatic heterocycles. The van der Waals surface area contributed by atoms with Crippen molar-refractivity contribution in [3.63, 3.8) is 0 Å². The lowest BCUT2D eigenvalue weighted by atomic mass is 9.88. The minimum Gasteiger partial charge on any atom is -0.497 e. The van der Waals surface area contributed by atoms with Crippen molar-refractivity contribution in [2.75, 3.05) is 27.3 Å². The topological polar surface area (TPSA) is 50.8 Å². The average molecular weight is 459 g/mol. The first-order valence-corrected chi connectivity index (χ1v) is 12.0. The van der Waals surface area contributed by atoms with Crippen molar-refractivity contribution in [1.29, 1.82) is 0 Å². The third-order valence-electron chi connectivity index (χ3n) is 6.63. The van der Waals surface area contributed by atoms with Crippen LogP contribution in [0.15, 0.2) is 78.9 Å². The molecule has 1 amide bonds. The Morgan fingerprint density at radius 1 is 0.882 bits per heavy atom. The van der Waals surface area contributed by atoms with E-state index in [1.165, 1.54) is 16.7 Å². The van der Waals surface area contributed by atoms with Crippen LogP contribution >= 0.6 is 0 Å². The highest BCUT2D eigenvalue weighted by molar-refractivity contribution is 5.79. The molecule has 4 rings (SSSR count). The van der Waals surface area contributed by atoms with Crippen LogP contribution in [0.25, 0.3) is 0 Å². The van der Waals surface area contributed by atoms with Gasteiger partial charge in [-0.25, -0.2) is 0 Å². The summed E-state index contributed by atoms with van der Waals surface area (Å²) in [6.45, 7) is 2.16. The van der Waals surface area contributed by atoms with E-state index in [1.807, 2.05) is 36.4 Å². The van der Waals surface area contributed by atoms with E-state index in [1.54, 1.807) is 14.2 Å². The zero-order valence-electron chi connectivity index (χ0n) is 20.1. The zero-order valence-corrected chi connectivity index (χ0v) is 20.1. The van der Waals surface area contributed by atoms with Crippen molar-refractivity contribution in [2.24, 2.45) is 5.92 Å². The molecule has 0 spiro atoms. The van der Waals surface area contributed by atoms with Crippen molar-refractivity contribution in [3.8, 4) is 11.5 Å². The fraction of sp³-hybridized carbons (Fsp3) is 0.345. The van der Waals surface area contributed by atoms with E-state index in [2.05, 4.69) is 52.7 Å². The standard InChI is InChI=1S/C29H34N2O3/c1-33-26-14-11-22(12-15-26)17-18-30-29(32)25-13-16-28(24-8-4-3-5-9-24)31(21-25)20-23-7-6-10-27(19-23)34-2/h3-12,14-15,19,25,28H,13,16-18,20-21H2,1-2H3,(H,30,32)/t25-,28+/m1/s1.